The van der Waals surface area contributed by atoms with Crippen LogP contribution in [0.4, 0.5) is 11.8 Å². The third-order valence-corrected chi connectivity index (χ3v) is 7.24. The highest BCUT2D eigenvalue weighted by Gasteiger charge is 2.25. The third-order valence-electron chi connectivity index (χ3n) is 7.24. The lowest BCUT2D eigenvalue weighted by molar-refractivity contribution is 0.0927. The number of benzene rings is 2. The first-order valence-corrected chi connectivity index (χ1v) is 12.9. The zero-order chi connectivity index (χ0) is 24.2. The molecule has 2 aliphatic rings. The molecule has 0 saturated heterocycles. The second-order valence-corrected chi connectivity index (χ2v) is 9.98. The van der Waals surface area contributed by atoms with Crippen LogP contribution in [0.25, 0.3) is 11.1 Å². The highest BCUT2D eigenvalue weighted by atomic mass is 16.1. The summed E-state index contributed by atoms with van der Waals surface area (Å²) in [6.07, 6.45) is 8.40. The van der Waals surface area contributed by atoms with Gasteiger partial charge in [0.05, 0.1) is 5.69 Å². The monoisotopic (exact) mass is 469 g/mol. The number of anilines is 2. The van der Waals surface area contributed by atoms with Crippen molar-refractivity contribution in [2.45, 2.75) is 63.5 Å². The number of carbonyl (C=O) groups excluding carboxylic acids is 1. The molecule has 182 valence electrons. The molecule has 5 rings (SSSR count). The first kappa shape index (κ1) is 23.3. The molecule has 6 nitrogen and oxygen atoms in total. The lowest BCUT2D eigenvalue weighted by Crippen LogP contribution is -2.40. The van der Waals surface area contributed by atoms with Crippen LogP contribution in [0, 0.1) is 0 Å². The van der Waals surface area contributed by atoms with Crippen LogP contribution in [-0.4, -0.2) is 42.1 Å². The predicted octanol–water partition coefficient (Wildman–Crippen LogP) is 5.24. The molecule has 2 aromatic carbocycles. The highest BCUT2D eigenvalue weighted by molar-refractivity contribution is 6.01. The van der Waals surface area contributed by atoms with E-state index in [4.69, 9.17) is 9.97 Å². The molecule has 0 aliphatic heterocycles. The Morgan fingerprint density at radius 2 is 1.54 bits per heavy atom. The van der Waals surface area contributed by atoms with Crippen molar-refractivity contribution in [3.63, 3.8) is 0 Å². The predicted molar refractivity (Wildman–Crippen MR) is 142 cm³/mol. The zero-order valence-corrected chi connectivity index (χ0v) is 20.8. The molecule has 6 heteroatoms. The molecule has 0 spiro atoms. The fraction of sp³-hybridized carbons (Fsp3) is 0.414. The van der Waals surface area contributed by atoms with Gasteiger partial charge < -0.3 is 15.5 Å². The van der Waals surface area contributed by atoms with Gasteiger partial charge in [-0.2, -0.15) is 4.98 Å². The van der Waals surface area contributed by atoms with Gasteiger partial charge >= 0.3 is 0 Å². The van der Waals surface area contributed by atoms with Gasteiger partial charge in [0, 0.05) is 37.3 Å². The van der Waals surface area contributed by atoms with Gasteiger partial charge in [0.15, 0.2) is 0 Å². The zero-order valence-electron chi connectivity index (χ0n) is 20.8. The van der Waals surface area contributed by atoms with Gasteiger partial charge in [-0.25, -0.2) is 4.98 Å². The Bertz CT molecular complexity index is 1170. The molecule has 3 aromatic rings. The van der Waals surface area contributed by atoms with Crippen LogP contribution in [0.2, 0.25) is 0 Å². The topological polar surface area (TPSA) is 70.2 Å². The summed E-state index contributed by atoms with van der Waals surface area (Å²) in [5.74, 6) is 1.81. The molecule has 0 unspecified atom stereocenters. The van der Waals surface area contributed by atoms with Gasteiger partial charge in [-0.15, -0.1) is 0 Å². The average molecular weight is 470 g/mol. The van der Waals surface area contributed by atoms with Crippen LogP contribution < -0.4 is 15.5 Å². The Labute approximate surface area is 208 Å². The summed E-state index contributed by atoms with van der Waals surface area (Å²) < 4.78 is 0. The summed E-state index contributed by atoms with van der Waals surface area (Å²) in [5.41, 5.74) is 5.29. The van der Waals surface area contributed by atoms with E-state index in [2.05, 4.69) is 29.6 Å². The summed E-state index contributed by atoms with van der Waals surface area (Å²) in [6.45, 7) is 0. The van der Waals surface area contributed by atoms with Crippen LogP contribution in [0.15, 0.2) is 54.6 Å². The van der Waals surface area contributed by atoms with Gasteiger partial charge in [-0.3, -0.25) is 4.79 Å². The normalized spacial score (nSPS) is 19.5. The van der Waals surface area contributed by atoms with E-state index in [0.29, 0.717) is 6.04 Å². The van der Waals surface area contributed by atoms with E-state index in [0.717, 1.165) is 67.0 Å². The van der Waals surface area contributed by atoms with Crippen molar-refractivity contribution in [2.75, 3.05) is 24.3 Å². The number of aryl methyl sites for hydroxylation is 1. The lowest BCUT2D eigenvalue weighted by atomic mass is 9.90. The second kappa shape index (κ2) is 10.5. The number of aromatic nitrogens is 2. The number of hydrogen-bond donors (Lipinski definition) is 2. The molecular formula is C29H35N5O. The third kappa shape index (κ3) is 5.31. The summed E-state index contributed by atoms with van der Waals surface area (Å²) >= 11 is 0. The van der Waals surface area contributed by atoms with Crippen LogP contribution in [0.1, 0.15) is 60.1 Å². The maximum Gasteiger partial charge on any atom is 0.252 e. The van der Waals surface area contributed by atoms with Crippen LogP contribution in [0.5, 0.6) is 0 Å². The van der Waals surface area contributed by atoms with Crippen LogP contribution >= 0.6 is 0 Å². The Morgan fingerprint density at radius 1 is 0.857 bits per heavy atom. The van der Waals surface area contributed by atoms with Gasteiger partial charge in [-0.1, -0.05) is 48.5 Å². The number of fused-ring (bicyclic) bond motifs is 1. The first-order valence-electron chi connectivity index (χ1n) is 12.9. The first-order chi connectivity index (χ1) is 17.1. The minimum Gasteiger partial charge on any atom is -0.362 e. The van der Waals surface area contributed by atoms with Gasteiger partial charge in [-0.05, 0) is 68.6 Å². The molecule has 0 atom stereocenters. The molecule has 2 N–H and O–H groups in total. The second-order valence-electron chi connectivity index (χ2n) is 9.98. The molecule has 1 heterocycles. The number of amides is 1. The van der Waals surface area contributed by atoms with Crippen LogP contribution in [-0.2, 0) is 12.8 Å². The van der Waals surface area contributed by atoms with E-state index < -0.39 is 0 Å². The summed E-state index contributed by atoms with van der Waals surface area (Å²) in [6, 6.07) is 18.5. The summed E-state index contributed by atoms with van der Waals surface area (Å²) in [4.78, 5) is 25.0. The van der Waals surface area contributed by atoms with E-state index in [-0.39, 0.29) is 11.9 Å². The molecule has 1 fully saturated rings. The Morgan fingerprint density at radius 3 is 2.31 bits per heavy atom. The summed E-state index contributed by atoms with van der Waals surface area (Å²) in [5, 5.41) is 6.89. The van der Waals surface area contributed by atoms with E-state index in [1.54, 1.807) is 0 Å². The van der Waals surface area contributed by atoms with Gasteiger partial charge in [0.25, 0.3) is 5.91 Å². The maximum atomic E-state index is 13.2. The molecule has 2 aliphatic carbocycles. The largest absolute Gasteiger partial charge is 0.362 e. The van der Waals surface area contributed by atoms with E-state index >= 15 is 0 Å². The number of rotatable bonds is 6. The quantitative estimate of drug-likeness (QED) is 0.517. The number of carbonyl (C=O) groups is 1. The molecule has 1 saturated carbocycles. The average Bonchev–Trinajstić information content (AvgIpc) is 2.90. The minimum atomic E-state index is 0.00880. The standard InChI is InChI=1S/C29H35N5O/c1-34(2)27-25-14-8-9-15-26(25)32-29(33-27)31-22-18-16-21(17-19-22)30-28(35)24-13-7-6-12-23(24)20-10-4-3-5-11-20/h3-7,10-13,21-22H,8-9,14-19H2,1-2H3,(H,30,35)(H,31,32,33)/t21-,22+. The van der Waals surface area contributed by atoms with E-state index in [1.807, 2.05) is 54.6 Å². The number of hydrogen-bond acceptors (Lipinski definition) is 5. The molecule has 1 amide bonds. The van der Waals surface area contributed by atoms with Crippen LogP contribution in [0.3, 0.4) is 0 Å². The van der Waals surface area contributed by atoms with Crippen molar-refractivity contribution in [3.05, 3.63) is 71.4 Å². The minimum absolute atomic E-state index is 0.00880. The maximum absolute atomic E-state index is 13.2. The van der Waals surface area contributed by atoms with Crippen molar-refractivity contribution >= 4 is 17.7 Å². The van der Waals surface area contributed by atoms with Crippen molar-refractivity contribution in [1.82, 2.24) is 15.3 Å². The highest BCUT2D eigenvalue weighted by Crippen LogP contribution is 2.30. The smallest absolute Gasteiger partial charge is 0.252 e. The fourth-order valence-electron chi connectivity index (χ4n) is 5.39. The number of nitrogens with one attached hydrogen (secondary N) is 2. The van der Waals surface area contributed by atoms with Gasteiger partial charge in [0.2, 0.25) is 5.95 Å². The molecular weight excluding hydrogens is 434 g/mol. The Kier molecular flexibility index (Phi) is 6.98. The number of nitrogens with zero attached hydrogens (tertiary/aromatic N) is 3. The van der Waals surface area contributed by atoms with Gasteiger partial charge in [0.1, 0.15) is 5.82 Å². The van der Waals surface area contributed by atoms with E-state index in [1.165, 1.54) is 24.1 Å². The van der Waals surface area contributed by atoms with Crippen molar-refractivity contribution in [1.29, 1.82) is 0 Å². The Balaban J connectivity index is 1.21. The fourth-order valence-corrected chi connectivity index (χ4v) is 5.39. The Hall–Kier alpha value is -3.41. The molecule has 35 heavy (non-hydrogen) atoms. The molecule has 0 radical (unpaired) electrons. The summed E-state index contributed by atoms with van der Waals surface area (Å²) in [7, 11) is 4.12. The van der Waals surface area contributed by atoms with E-state index in [9.17, 15) is 4.79 Å². The molecule has 0 bridgehead atoms. The SMILES string of the molecule is CN(C)c1nc(N[C@H]2CC[C@@H](NC(=O)c3ccccc3-c3ccccc3)CC2)nc2c1CCCC2. The van der Waals surface area contributed by atoms with Crippen molar-refractivity contribution in [3.8, 4) is 11.1 Å². The van der Waals surface area contributed by atoms with Crippen molar-refractivity contribution in [2.24, 2.45) is 0 Å². The van der Waals surface area contributed by atoms with Crippen molar-refractivity contribution < 1.29 is 4.79 Å². The lowest BCUT2D eigenvalue weighted by Gasteiger charge is -2.30. The molecule has 1 aromatic heterocycles.